The summed E-state index contributed by atoms with van der Waals surface area (Å²) in [5, 5.41) is 8.80. The maximum Gasteiger partial charge on any atom is 0.331 e. The number of carbonyl (C=O) groups is 1. The molecule has 1 aromatic rings. The Bertz CT molecular complexity index is 378. The highest BCUT2D eigenvalue weighted by atomic mass is 16.4. The molecule has 1 N–H and O–H groups in total. The molecule has 15 heavy (non-hydrogen) atoms. The lowest BCUT2D eigenvalue weighted by atomic mass is 10.0. The van der Waals surface area contributed by atoms with Gasteiger partial charge in [-0.15, -0.1) is 0 Å². The monoisotopic (exact) mass is 204 g/mol. The Hall–Kier alpha value is -1.57. The predicted octanol–water partition coefficient (Wildman–Crippen LogP) is 3.13. The number of rotatable bonds is 4. The van der Waals surface area contributed by atoms with Crippen molar-refractivity contribution in [3.8, 4) is 0 Å². The number of carboxylic acid groups (broad SMARTS) is 1. The van der Waals surface area contributed by atoms with Crippen LogP contribution in [0.5, 0.6) is 0 Å². The summed E-state index contributed by atoms with van der Waals surface area (Å²) in [7, 11) is 0. The molecule has 0 heterocycles. The molecule has 0 saturated heterocycles. The molecule has 0 atom stereocenters. The Kier molecular flexibility index (Phi) is 4.10. The van der Waals surface area contributed by atoms with Crippen molar-refractivity contribution in [2.24, 2.45) is 0 Å². The van der Waals surface area contributed by atoms with Gasteiger partial charge in [0.25, 0.3) is 0 Å². The van der Waals surface area contributed by atoms with Crippen LogP contribution in [0, 0.1) is 0 Å². The second-order valence-corrected chi connectivity index (χ2v) is 3.58. The normalized spacial score (nSPS) is 11.5. The van der Waals surface area contributed by atoms with Crippen molar-refractivity contribution in [2.75, 3.05) is 0 Å². The molecule has 0 unspecified atom stereocenters. The standard InChI is InChI=1S/C13H16O2/c1-3-6-11-7-4-5-8-12(11)9-10(2)13(14)15/h4-5,7-9H,3,6H2,1-2H3,(H,14,15). The second-order valence-electron chi connectivity index (χ2n) is 3.58. The number of hydrogen-bond acceptors (Lipinski definition) is 1. The molecule has 2 heteroatoms. The van der Waals surface area contributed by atoms with E-state index in [-0.39, 0.29) is 0 Å². The molecule has 0 radical (unpaired) electrons. The molecule has 0 aromatic heterocycles. The van der Waals surface area contributed by atoms with Crippen molar-refractivity contribution in [3.05, 3.63) is 41.0 Å². The van der Waals surface area contributed by atoms with E-state index in [1.807, 2.05) is 24.3 Å². The van der Waals surface area contributed by atoms with Crippen molar-refractivity contribution in [3.63, 3.8) is 0 Å². The number of hydrogen-bond donors (Lipinski definition) is 1. The summed E-state index contributed by atoms with van der Waals surface area (Å²) in [5.74, 6) is -0.860. The van der Waals surface area contributed by atoms with E-state index < -0.39 is 5.97 Å². The minimum atomic E-state index is -0.860. The van der Waals surface area contributed by atoms with Gasteiger partial charge >= 0.3 is 5.97 Å². The van der Waals surface area contributed by atoms with Crippen LogP contribution in [-0.2, 0) is 11.2 Å². The Morgan fingerprint density at radius 2 is 2.07 bits per heavy atom. The van der Waals surface area contributed by atoms with Gasteiger partial charge in [-0.3, -0.25) is 0 Å². The van der Waals surface area contributed by atoms with Crippen LogP contribution in [0.4, 0.5) is 0 Å². The first-order valence-electron chi connectivity index (χ1n) is 5.14. The van der Waals surface area contributed by atoms with Crippen LogP contribution >= 0.6 is 0 Å². The van der Waals surface area contributed by atoms with E-state index in [0.717, 1.165) is 18.4 Å². The van der Waals surface area contributed by atoms with Crippen LogP contribution in [0.1, 0.15) is 31.4 Å². The highest BCUT2D eigenvalue weighted by molar-refractivity contribution is 5.91. The van der Waals surface area contributed by atoms with Gasteiger partial charge in [0.05, 0.1) is 0 Å². The van der Waals surface area contributed by atoms with Gasteiger partial charge in [-0.05, 0) is 30.5 Å². The Labute approximate surface area is 90.3 Å². The van der Waals surface area contributed by atoms with Gasteiger partial charge in [0, 0.05) is 5.57 Å². The Balaban J connectivity index is 3.03. The van der Waals surface area contributed by atoms with Gasteiger partial charge in [0.2, 0.25) is 0 Å². The van der Waals surface area contributed by atoms with Crippen LogP contribution in [0.15, 0.2) is 29.8 Å². The van der Waals surface area contributed by atoms with E-state index in [2.05, 4.69) is 6.92 Å². The molecular weight excluding hydrogens is 188 g/mol. The molecule has 0 aliphatic rings. The van der Waals surface area contributed by atoms with Crippen molar-refractivity contribution in [2.45, 2.75) is 26.7 Å². The first-order valence-corrected chi connectivity index (χ1v) is 5.14. The predicted molar refractivity (Wildman–Crippen MR) is 61.7 cm³/mol. The van der Waals surface area contributed by atoms with Gasteiger partial charge in [-0.2, -0.15) is 0 Å². The van der Waals surface area contributed by atoms with E-state index in [4.69, 9.17) is 5.11 Å². The maximum atomic E-state index is 10.7. The molecule has 1 aromatic carbocycles. The van der Waals surface area contributed by atoms with E-state index in [0.29, 0.717) is 5.57 Å². The molecule has 0 aliphatic heterocycles. The van der Waals surface area contributed by atoms with E-state index >= 15 is 0 Å². The minimum Gasteiger partial charge on any atom is -0.478 e. The third-order valence-corrected chi connectivity index (χ3v) is 2.28. The average Bonchev–Trinajstić information content (AvgIpc) is 2.21. The molecule has 0 saturated carbocycles. The second kappa shape index (κ2) is 5.35. The summed E-state index contributed by atoms with van der Waals surface area (Å²) in [5.41, 5.74) is 2.60. The van der Waals surface area contributed by atoms with Crippen LogP contribution in [0.3, 0.4) is 0 Å². The highest BCUT2D eigenvalue weighted by Crippen LogP contribution is 2.14. The maximum absolute atomic E-state index is 10.7. The van der Waals surface area contributed by atoms with Crippen LogP contribution in [-0.4, -0.2) is 11.1 Å². The summed E-state index contributed by atoms with van der Waals surface area (Å²) in [6.45, 7) is 3.73. The zero-order valence-electron chi connectivity index (χ0n) is 9.16. The van der Waals surface area contributed by atoms with Crippen LogP contribution in [0.2, 0.25) is 0 Å². The van der Waals surface area contributed by atoms with Gasteiger partial charge in [0.15, 0.2) is 0 Å². The molecule has 2 nitrogen and oxygen atoms in total. The summed E-state index contributed by atoms with van der Waals surface area (Å²) in [4.78, 5) is 10.7. The number of aliphatic carboxylic acids is 1. The largest absolute Gasteiger partial charge is 0.478 e. The molecule has 1 rings (SSSR count). The molecular formula is C13H16O2. The molecule has 0 amide bonds. The first-order chi connectivity index (χ1) is 7.15. The zero-order chi connectivity index (χ0) is 11.3. The lowest BCUT2D eigenvalue weighted by Crippen LogP contribution is -1.96. The quantitative estimate of drug-likeness (QED) is 0.765. The van der Waals surface area contributed by atoms with Crippen molar-refractivity contribution in [1.29, 1.82) is 0 Å². The molecule has 0 fully saturated rings. The molecule has 0 bridgehead atoms. The fourth-order valence-electron chi connectivity index (χ4n) is 1.47. The summed E-state index contributed by atoms with van der Waals surface area (Å²) in [6.07, 6.45) is 3.78. The zero-order valence-corrected chi connectivity index (χ0v) is 9.16. The van der Waals surface area contributed by atoms with Gasteiger partial charge in [-0.25, -0.2) is 4.79 Å². The molecule has 0 aliphatic carbocycles. The van der Waals surface area contributed by atoms with Gasteiger partial charge < -0.3 is 5.11 Å². The topological polar surface area (TPSA) is 37.3 Å². The Morgan fingerprint density at radius 3 is 2.67 bits per heavy atom. The highest BCUT2D eigenvalue weighted by Gasteiger charge is 2.02. The average molecular weight is 204 g/mol. The lowest BCUT2D eigenvalue weighted by molar-refractivity contribution is -0.132. The van der Waals surface area contributed by atoms with Crippen molar-refractivity contribution in [1.82, 2.24) is 0 Å². The number of benzene rings is 1. The lowest BCUT2D eigenvalue weighted by Gasteiger charge is -2.04. The van der Waals surface area contributed by atoms with Gasteiger partial charge in [-0.1, -0.05) is 37.6 Å². The number of carboxylic acids is 1. The van der Waals surface area contributed by atoms with Crippen LogP contribution < -0.4 is 0 Å². The summed E-state index contributed by atoms with van der Waals surface area (Å²) < 4.78 is 0. The smallest absolute Gasteiger partial charge is 0.331 e. The van der Waals surface area contributed by atoms with Gasteiger partial charge in [0.1, 0.15) is 0 Å². The minimum absolute atomic E-state index is 0.374. The molecule has 80 valence electrons. The van der Waals surface area contributed by atoms with E-state index in [1.165, 1.54) is 5.56 Å². The summed E-state index contributed by atoms with van der Waals surface area (Å²) >= 11 is 0. The fourth-order valence-corrected chi connectivity index (χ4v) is 1.47. The summed E-state index contributed by atoms with van der Waals surface area (Å²) in [6, 6.07) is 7.92. The Morgan fingerprint density at radius 1 is 1.40 bits per heavy atom. The van der Waals surface area contributed by atoms with Crippen LogP contribution in [0.25, 0.3) is 6.08 Å². The number of aryl methyl sites for hydroxylation is 1. The SMILES string of the molecule is CCCc1ccccc1C=C(C)C(=O)O. The fraction of sp³-hybridized carbons (Fsp3) is 0.308. The van der Waals surface area contributed by atoms with E-state index in [1.54, 1.807) is 13.0 Å². The van der Waals surface area contributed by atoms with Crippen molar-refractivity contribution < 1.29 is 9.90 Å². The first kappa shape index (κ1) is 11.5. The third-order valence-electron chi connectivity index (χ3n) is 2.28. The molecule has 0 spiro atoms. The van der Waals surface area contributed by atoms with Crippen molar-refractivity contribution >= 4 is 12.0 Å². The van der Waals surface area contributed by atoms with E-state index in [9.17, 15) is 4.79 Å². The third kappa shape index (κ3) is 3.24.